The van der Waals surface area contributed by atoms with Crippen molar-refractivity contribution in [2.24, 2.45) is 4.99 Å². The number of hydrogen-bond acceptors (Lipinski definition) is 3. The number of ether oxygens (including phenoxy) is 1. The van der Waals surface area contributed by atoms with Crippen LogP contribution in [0.4, 0.5) is 0 Å². The summed E-state index contributed by atoms with van der Waals surface area (Å²) in [4.78, 5) is 9.64. The molecule has 2 aliphatic heterocycles. The second-order valence-electron chi connectivity index (χ2n) is 6.57. The van der Waals surface area contributed by atoms with Crippen LogP contribution < -0.4 is 5.32 Å². The summed E-state index contributed by atoms with van der Waals surface area (Å²) < 4.78 is 5.41. The predicted octanol–water partition coefficient (Wildman–Crippen LogP) is 2.70. The van der Waals surface area contributed by atoms with Crippen molar-refractivity contribution in [1.82, 2.24) is 15.1 Å². The van der Waals surface area contributed by atoms with Crippen molar-refractivity contribution < 1.29 is 4.74 Å². The molecule has 25 heavy (non-hydrogen) atoms. The quantitative estimate of drug-likeness (QED) is 0.419. The van der Waals surface area contributed by atoms with Crippen LogP contribution in [-0.2, 0) is 17.8 Å². The van der Waals surface area contributed by atoms with Gasteiger partial charge in [0.25, 0.3) is 0 Å². The van der Waals surface area contributed by atoms with Crippen LogP contribution in [-0.4, -0.2) is 61.7 Å². The number of nitrogens with one attached hydrogen (secondary N) is 1. The van der Waals surface area contributed by atoms with Crippen LogP contribution in [0.2, 0.25) is 0 Å². The first-order valence-electron chi connectivity index (χ1n) is 9.26. The van der Waals surface area contributed by atoms with Gasteiger partial charge in [0.05, 0.1) is 19.8 Å². The van der Waals surface area contributed by atoms with Gasteiger partial charge in [-0.2, -0.15) is 0 Å². The molecular formula is C19H31IN4O. The number of rotatable bonds is 5. The molecule has 1 aromatic carbocycles. The average Bonchev–Trinajstić information content (AvgIpc) is 3.15. The van der Waals surface area contributed by atoms with Gasteiger partial charge in [0.1, 0.15) is 0 Å². The zero-order valence-corrected chi connectivity index (χ0v) is 17.6. The van der Waals surface area contributed by atoms with Crippen molar-refractivity contribution in [3.63, 3.8) is 0 Å². The van der Waals surface area contributed by atoms with E-state index >= 15 is 0 Å². The van der Waals surface area contributed by atoms with Gasteiger partial charge in [-0.25, -0.2) is 4.99 Å². The number of halogens is 1. The van der Waals surface area contributed by atoms with Crippen molar-refractivity contribution in [3.8, 4) is 0 Å². The molecular weight excluding hydrogens is 427 g/mol. The molecule has 1 N–H and O–H groups in total. The standard InChI is InChI=1S/C19H30N4O.HI/c1-2-20-19(23-9-3-4-10-23)21-15-17-5-7-18(8-6-17)16-22-11-13-24-14-12-22;/h5-8H,2-4,9-16H2,1H3,(H,20,21);1H. The largest absolute Gasteiger partial charge is 0.379 e. The van der Waals surface area contributed by atoms with Gasteiger partial charge in [-0.15, -0.1) is 24.0 Å². The first-order valence-corrected chi connectivity index (χ1v) is 9.26. The second-order valence-corrected chi connectivity index (χ2v) is 6.57. The highest BCUT2D eigenvalue weighted by molar-refractivity contribution is 14.0. The van der Waals surface area contributed by atoms with Crippen LogP contribution in [0.15, 0.2) is 29.3 Å². The third-order valence-electron chi connectivity index (χ3n) is 4.68. The summed E-state index contributed by atoms with van der Waals surface area (Å²) >= 11 is 0. The Hall–Kier alpha value is -0.860. The molecule has 2 aliphatic rings. The van der Waals surface area contributed by atoms with E-state index in [9.17, 15) is 0 Å². The van der Waals surface area contributed by atoms with E-state index < -0.39 is 0 Å². The molecule has 0 bridgehead atoms. The summed E-state index contributed by atoms with van der Waals surface area (Å²) in [5.41, 5.74) is 2.64. The van der Waals surface area contributed by atoms with Crippen LogP contribution in [0.1, 0.15) is 30.9 Å². The molecule has 0 saturated carbocycles. The van der Waals surface area contributed by atoms with Crippen molar-refractivity contribution in [3.05, 3.63) is 35.4 Å². The summed E-state index contributed by atoms with van der Waals surface area (Å²) in [5.74, 6) is 1.06. The highest BCUT2D eigenvalue weighted by atomic mass is 127. The maximum Gasteiger partial charge on any atom is 0.194 e. The molecule has 1 aromatic rings. The van der Waals surface area contributed by atoms with Crippen LogP contribution >= 0.6 is 24.0 Å². The first-order chi connectivity index (χ1) is 11.8. The van der Waals surface area contributed by atoms with Gasteiger partial charge in [0, 0.05) is 39.3 Å². The summed E-state index contributed by atoms with van der Waals surface area (Å²) in [6.45, 7) is 10.9. The Morgan fingerprint density at radius 2 is 1.68 bits per heavy atom. The lowest BCUT2D eigenvalue weighted by Gasteiger charge is -2.26. The second kappa shape index (κ2) is 11.0. The Labute approximate surface area is 168 Å². The minimum Gasteiger partial charge on any atom is -0.379 e. The summed E-state index contributed by atoms with van der Waals surface area (Å²) in [6, 6.07) is 8.91. The fourth-order valence-electron chi connectivity index (χ4n) is 3.29. The Balaban J connectivity index is 0.00000225. The van der Waals surface area contributed by atoms with Crippen molar-refractivity contribution in [2.45, 2.75) is 32.9 Å². The molecule has 2 saturated heterocycles. The number of hydrogen-bond donors (Lipinski definition) is 1. The van der Waals surface area contributed by atoms with E-state index in [-0.39, 0.29) is 24.0 Å². The van der Waals surface area contributed by atoms with Crippen molar-refractivity contribution in [1.29, 1.82) is 0 Å². The van der Waals surface area contributed by atoms with Gasteiger partial charge in [0.15, 0.2) is 5.96 Å². The third kappa shape index (κ3) is 6.42. The molecule has 2 heterocycles. The highest BCUT2D eigenvalue weighted by Gasteiger charge is 2.15. The molecule has 140 valence electrons. The van der Waals surface area contributed by atoms with Gasteiger partial charge < -0.3 is 15.0 Å². The Morgan fingerprint density at radius 1 is 1.04 bits per heavy atom. The van der Waals surface area contributed by atoms with Gasteiger partial charge in [-0.05, 0) is 30.9 Å². The first kappa shape index (κ1) is 20.5. The van der Waals surface area contributed by atoms with Crippen molar-refractivity contribution in [2.75, 3.05) is 45.9 Å². The van der Waals surface area contributed by atoms with Crippen LogP contribution in [0, 0.1) is 0 Å². The van der Waals surface area contributed by atoms with Crippen molar-refractivity contribution >= 4 is 29.9 Å². The summed E-state index contributed by atoms with van der Waals surface area (Å²) in [5, 5.41) is 3.42. The summed E-state index contributed by atoms with van der Waals surface area (Å²) in [7, 11) is 0. The number of guanidine groups is 1. The van der Waals surface area contributed by atoms with E-state index in [4.69, 9.17) is 9.73 Å². The Morgan fingerprint density at radius 3 is 2.32 bits per heavy atom. The highest BCUT2D eigenvalue weighted by Crippen LogP contribution is 2.11. The lowest BCUT2D eigenvalue weighted by Crippen LogP contribution is -2.39. The number of morpholine rings is 1. The van der Waals surface area contributed by atoms with E-state index in [1.165, 1.54) is 24.0 Å². The number of benzene rings is 1. The molecule has 5 nitrogen and oxygen atoms in total. The lowest BCUT2D eigenvalue weighted by molar-refractivity contribution is 0.0342. The molecule has 0 aliphatic carbocycles. The van der Waals surface area contributed by atoms with Gasteiger partial charge in [0.2, 0.25) is 0 Å². The van der Waals surface area contributed by atoms with E-state index in [0.717, 1.165) is 65.0 Å². The fraction of sp³-hybridized carbons (Fsp3) is 0.632. The minimum atomic E-state index is 0. The molecule has 0 aromatic heterocycles. The normalized spacial score (nSPS) is 18.9. The molecule has 0 unspecified atom stereocenters. The van der Waals surface area contributed by atoms with Gasteiger partial charge in [-0.3, -0.25) is 4.90 Å². The molecule has 0 amide bonds. The number of likely N-dealkylation sites (tertiary alicyclic amines) is 1. The maximum absolute atomic E-state index is 5.41. The van der Waals surface area contributed by atoms with E-state index in [2.05, 4.69) is 46.3 Å². The van der Waals surface area contributed by atoms with E-state index in [1.807, 2.05) is 0 Å². The third-order valence-corrected chi connectivity index (χ3v) is 4.68. The molecule has 2 fully saturated rings. The number of nitrogens with zero attached hydrogens (tertiary/aromatic N) is 3. The topological polar surface area (TPSA) is 40.1 Å². The lowest BCUT2D eigenvalue weighted by atomic mass is 10.1. The average molecular weight is 458 g/mol. The zero-order valence-electron chi connectivity index (χ0n) is 15.2. The Bertz CT molecular complexity index is 523. The van der Waals surface area contributed by atoms with Crippen LogP contribution in [0.3, 0.4) is 0 Å². The van der Waals surface area contributed by atoms with E-state index in [0.29, 0.717) is 0 Å². The SMILES string of the molecule is CCNC(=NCc1ccc(CN2CCOCC2)cc1)N1CCCC1.I. The monoisotopic (exact) mass is 458 g/mol. The molecule has 3 rings (SSSR count). The molecule has 0 radical (unpaired) electrons. The minimum absolute atomic E-state index is 0. The van der Waals surface area contributed by atoms with E-state index in [1.54, 1.807) is 0 Å². The Kier molecular flexibility index (Phi) is 8.98. The molecule has 0 atom stereocenters. The zero-order chi connectivity index (χ0) is 16.6. The van der Waals surface area contributed by atoms with Gasteiger partial charge >= 0.3 is 0 Å². The number of aliphatic imine (C=N–C) groups is 1. The van der Waals surface area contributed by atoms with Gasteiger partial charge in [-0.1, -0.05) is 24.3 Å². The van der Waals surface area contributed by atoms with Crippen LogP contribution in [0.5, 0.6) is 0 Å². The smallest absolute Gasteiger partial charge is 0.194 e. The summed E-state index contributed by atoms with van der Waals surface area (Å²) in [6.07, 6.45) is 2.56. The fourth-order valence-corrected chi connectivity index (χ4v) is 3.29. The maximum atomic E-state index is 5.41. The van der Waals surface area contributed by atoms with Crippen LogP contribution in [0.25, 0.3) is 0 Å². The molecule has 0 spiro atoms. The predicted molar refractivity (Wildman–Crippen MR) is 114 cm³/mol. The molecule has 6 heteroatoms.